The van der Waals surface area contributed by atoms with Crippen LogP contribution in [-0.4, -0.2) is 92.6 Å². The van der Waals surface area contributed by atoms with Crippen molar-refractivity contribution in [2.45, 2.75) is 115 Å². The van der Waals surface area contributed by atoms with Gasteiger partial charge in [-0.05, 0) is 138 Å². The Bertz CT molecular complexity index is 2760. The van der Waals surface area contributed by atoms with E-state index < -0.39 is 24.3 Å². The molecule has 1 unspecified atom stereocenters. The fourth-order valence-corrected chi connectivity index (χ4v) is 12.0. The molecule has 3 saturated carbocycles. The number of carbonyl (C=O) groups is 4. The van der Waals surface area contributed by atoms with Gasteiger partial charge in [0, 0.05) is 18.0 Å². The molecule has 4 heterocycles. The number of aromatic amines is 2. The van der Waals surface area contributed by atoms with Crippen molar-refractivity contribution >= 4 is 35.0 Å². The molecule has 6 aliphatic rings. The minimum absolute atomic E-state index is 0.0370. The first-order chi connectivity index (χ1) is 31.3. The third kappa shape index (κ3) is 6.80. The molecule has 5 fully saturated rings. The van der Waals surface area contributed by atoms with Gasteiger partial charge in [-0.25, -0.2) is 19.6 Å². The van der Waals surface area contributed by atoms with Crippen LogP contribution in [0.3, 0.4) is 0 Å². The largest absolute Gasteiger partial charge is 0.453 e. The molecule has 2 saturated heterocycles. The molecule has 2 bridgehead atoms. The lowest BCUT2D eigenvalue weighted by Gasteiger charge is -2.37. The number of likely N-dealkylation sites (tertiary alicyclic amines) is 2. The Morgan fingerprint density at radius 2 is 1.38 bits per heavy atom. The van der Waals surface area contributed by atoms with Crippen LogP contribution in [-0.2, 0) is 24.5 Å². The van der Waals surface area contributed by atoms with E-state index in [1.165, 1.54) is 36.5 Å². The van der Waals surface area contributed by atoms with E-state index in [4.69, 9.17) is 19.4 Å². The zero-order valence-corrected chi connectivity index (χ0v) is 38.0. The first kappa shape index (κ1) is 41.5. The van der Waals surface area contributed by atoms with Gasteiger partial charge in [0.05, 0.1) is 49.2 Å². The van der Waals surface area contributed by atoms with Crippen molar-refractivity contribution in [2.24, 2.45) is 23.2 Å². The summed E-state index contributed by atoms with van der Waals surface area (Å²) in [6.45, 7) is 8.43. The number of alkyl carbamates (subject to hydrolysis) is 2. The van der Waals surface area contributed by atoms with Crippen molar-refractivity contribution in [1.29, 1.82) is 0 Å². The molecule has 2 aromatic heterocycles. The van der Waals surface area contributed by atoms with Crippen molar-refractivity contribution < 1.29 is 28.7 Å². The summed E-state index contributed by atoms with van der Waals surface area (Å²) in [5.41, 5.74) is 11.4. The Morgan fingerprint density at radius 3 is 2.03 bits per heavy atom. The van der Waals surface area contributed by atoms with Gasteiger partial charge in [0.15, 0.2) is 0 Å². The molecular formula is C51H58N8O6. The van der Waals surface area contributed by atoms with Gasteiger partial charge in [0.25, 0.3) is 0 Å². The van der Waals surface area contributed by atoms with Gasteiger partial charge < -0.3 is 39.9 Å². The zero-order chi connectivity index (χ0) is 45.1. The van der Waals surface area contributed by atoms with E-state index in [0.717, 1.165) is 96.4 Å². The number of fused-ring (bicyclic) bond motifs is 8. The van der Waals surface area contributed by atoms with Crippen LogP contribution < -0.4 is 10.6 Å². The number of piperidine rings is 1. The maximum absolute atomic E-state index is 14.1. The number of ether oxygens (including phenoxy) is 2. The van der Waals surface area contributed by atoms with E-state index in [1.54, 1.807) is 0 Å². The minimum atomic E-state index is -0.687. The summed E-state index contributed by atoms with van der Waals surface area (Å²) in [6, 6.07) is 18.4. The quantitative estimate of drug-likeness (QED) is 0.108. The smallest absolute Gasteiger partial charge is 0.407 e. The number of hydrogen-bond donors (Lipinski definition) is 4. The molecule has 2 aliphatic heterocycles. The van der Waals surface area contributed by atoms with Gasteiger partial charge in [-0.15, -0.1) is 0 Å². The molecule has 4 N–H and O–H groups in total. The van der Waals surface area contributed by atoms with Gasteiger partial charge in [0.1, 0.15) is 23.7 Å². The molecular weight excluding hydrogens is 821 g/mol. The van der Waals surface area contributed by atoms with Gasteiger partial charge >= 0.3 is 12.2 Å². The lowest BCUT2D eigenvalue weighted by molar-refractivity contribution is -0.139. The minimum Gasteiger partial charge on any atom is -0.453 e. The number of rotatable bonds is 10. The normalized spacial score (nSPS) is 23.6. The first-order valence-corrected chi connectivity index (χ1v) is 23.5. The highest BCUT2D eigenvalue weighted by Crippen LogP contribution is 2.64. The summed E-state index contributed by atoms with van der Waals surface area (Å²) in [7, 11) is 2.63. The molecule has 0 radical (unpaired) electrons. The highest BCUT2D eigenvalue weighted by atomic mass is 16.5. The highest BCUT2D eigenvalue weighted by molar-refractivity contribution is 5.90. The number of imidazole rings is 2. The predicted molar refractivity (Wildman–Crippen MR) is 244 cm³/mol. The number of benzene rings is 3. The van der Waals surface area contributed by atoms with Crippen LogP contribution in [0.5, 0.6) is 0 Å². The summed E-state index contributed by atoms with van der Waals surface area (Å²) in [5, 5.41) is 5.57. The SMILES string of the molecule is COC(=O)NC(C(=O)N1[C@@H]2CC[C@@H](C2)[C@H]1c1nc2ccc(-c3ccc4c(c3)C3(CC3)c3cc(-c5cnc([C@@H]6CC7(CC7)CN6C(=O)[C@@H](NC(=O)OC)C(C)C)[nH]5)ccc3-4)cc2[nH]1)C(C)C. The third-order valence-electron chi connectivity index (χ3n) is 15.8. The maximum atomic E-state index is 14.1. The summed E-state index contributed by atoms with van der Waals surface area (Å²) in [4.78, 5) is 73.8. The Morgan fingerprint density at radius 1 is 0.754 bits per heavy atom. The average molecular weight is 879 g/mol. The summed E-state index contributed by atoms with van der Waals surface area (Å²) >= 11 is 0. The Balaban J connectivity index is 0.845. The summed E-state index contributed by atoms with van der Waals surface area (Å²) in [5.74, 6) is 1.50. The molecule has 2 spiro atoms. The van der Waals surface area contributed by atoms with Crippen LogP contribution in [0, 0.1) is 23.2 Å². The van der Waals surface area contributed by atoms with E-state index in [1.807, 2.05) is 43.7 Å². The fourth-order valence-electron chi connectivity index (χ4n) is 12.0. The van der Waals surface area contributed by atoms with Crippen LogP contribution in [0.2, 0.25) is 0 Å². The Labute approximate surface area is 378 Å². The van der Waals surface area contributed by atoms with E-state index in [-0.39, 0.29) is 52.6 Å². The highest BCUT2D eigenvalue weighted by Gasteiger charge is 2.56. The van der Waals surface area contributed by atoms with Crippen molar-refractivity contribution in [2.75, 3.05) is 20.8 Å². The Kier molecular flexibility index (Phi) is 9.71. The van der Waals surface area contributed by atoms with Crippen molar-refractivity contribution in [3.05, 3.63) is 83.6 Å². The first-order valence-electron chi connectivity index (χ1n) is 23.5. The molecule has 3 aromatic carbocycles. The monoisotopic (exact) mass is 878 g/mol. The summed E-state index contributed by atoms with van der Waals surface area (Å²) in [6.07, 6.45) is 8.83. The number of carbonyl (C=O) groups excluding carboxylic acids is 4. The second-order valence-corrected chi connectivity index (χ2v) is 20.5. The molecule has 65 heavy (non-hydrogen) atoms. The third-order valence-corrected chi connectivity index (χ3v) is 15.8. The molecule has 14 heteroatoms. The van der Waals surface area contributed by atoms with E-state index in [2.05, 4.69) is 75.2 Å². The predicted octanol–water partition coefficient (Wildman–Crippen LogP) is 8.55. The molecule has 5 aromatic rings. The van der Waals surface area contributed by atoms with E-state index in [9.17, 15) is 19.2 Å². The van der Waals surface area contributed by atoms with Crippen LogP contribution in [0.4, 0.5) is 9.59 Å². The van der Waals surface area contributed by atoms with Crippen molar-refractivity contribution in [3.8, 4) is 33.5 Å². The average Bonchev–Trinajstić information content (AvgIpc) is 3.74. The molecule has 338 valence electrons. The van der Waals surface area contributed by atoms with Gasteiger partial charge in [-0.2, -0.15) is 0 Å². The van der Waals surface area contributed by atoms with Crippen LogP contribution >= 0.6 is 0 Å². The Hall–Kier alpha value is -6.18. The number of amides is 4. The number of nitrogens with one attached hydrogen (secondary N) is 4. The second-order valence-electron chi connectivity index (χ2n) is 20.5. The topological polar surface area (TPSA) is 175 Å². The number of aromatic nitrogens is 4. The van der Waals surface area contributed by atoms with Crippen molar-refractivity contribution in [1.82, 2.24) is 40.4 Å². The molecule has 11 rings (SSSR count). The van der Waals surface area contributed by atoms with Gasteiger partial charge in [-0.1, -0.05) is 58.0 Å². The maximum Gasteiger partial charge on any atom is 0.407 e. The van der Waals surface area contributed by atoms with Crippen molar-refractivity contribution in [3.63, 3.8) is 0 Å². The summed E-state index contributed by atoms with van der Waals surface area (Å²) < 4.78 is 9.73. The molecule has 14 nitrogen and oxygen atoms in total. The molecule has 4 amide bonds. The van der Waals surface area contributed by atoms with E-state index >= 15 is 0 Å². The van der Waals surface area contributed by atoms with Crippen LogP contribution in [0.25, 0.3) is 44.5 Å². The van der Waals surface area contributed by atoms with Crippen LogP contribution in [0.1, 0.15) is 114 Å². The van der Waals surface area contributed by atoms with Gasteiger partial charge in [-0.3, -0.25) is 9.59 Å². The number of hydrogen-bond acceptors (Lipinski definition) is 8. The van der Waals surface area contributed by atoms with Crippen LogP contribution in [0.15, 0.2) is 60.8 Å². The zero-order valence-electron chi connectivity index (χ0n) is 38.0. The van der Waals surface area contributed by atoms with E-state index in [0.29, 0.717) is 12.5 Å². The number of H-pyrrole nitrogens is 2. The van der Waals surface area contributed by atoms with Gasteiger partial charge in [0.2, 0.25) is 11.8 Å². The molecule has 4 aliphatic carbocycles. The number of methoxy groups -OCH3 is 2. The number of nitrogens with zero attached hydrogens (tertiary/aromatic N) is 4. The standard InChI is InChI=1S/C51H58N8O6/c1-26(2)41(56-48(62)64-5)46(60)58-25-50(15-16-50)23-40(58)44-52-24-39(55-44)30-9-13-34-33-12-8-28(20-35(33)51(17-18-51)36(34)21-30)29-10-14-37-38(22-29)54-45(53-37)43-31-7-11-32(19-31)59(43)47(61)42(27(3)4)57-49(63)65-6/h8-10,12-14,20-22,24,26-27,31-32,40-43H,7,11,15-19,23,25H2,1-6H3,(H,52,55)(H,53,54)(H,56,62)(H,57,63)/t31-,32+,40-,41-,42?,43-/m0/s1. The second kappa shape index (κ2) is 15.2. The lowest BCUT2D eigenvalue weighted by Crippen LogP contribution is -2.54. The molecule has 6 atom stereocenters. The lowest BCUT2D eigenvalue weighted by atomic mass is 9.90. The fraction of sp³-hybridized carbons (Fsp3) is 0.490.